The molecule has 270 valence electrons. The number of sulfonamides is 1. The predicted molar refractivity (Wildman–Crippen MR) is 190 cm³/mol. The van der Waals surface area contributed by atoms with Crippen molar-refractivity contribution in [2.75, 3.05) is 4.72 Å². The number of nitrogens with one attached hydrogen (secondary N) is 3. The lowest BCUT2D eigenvalue weighted by Crippen LogP contribution is -2.48. The molecule has 3 N–H and O–H groups in total. The number of halogens is 1. The third kappa shape index (κ3) is 10.0. The Morgan fingerprint density at radius 1 is 0.745 bits per heavy atom. The first kappa shape index (κ1) is 36.2. The van der Waals surface area contributed by atoms with E-state index in [1.165, 1.54) is 22.9 Å². The van der Waals surface area contributed by atoms with Gasteiger partial charge in [-0.2, -0.15) is 5.10 Å². The van der Waals surface area contributed by atoms with E-state index in [2.05, 4.69) is 20.5 Å². The second-order valence-electron chi connectivity index (χ2n) is 13.1. The summed E-state index contributed by atoms with van der Waals surface area (Å²) in [6, 6.07) is 25.0. The topological polar surface area (TPSA) is 141 Å². The molecule has 2 amide bonds. The van der Waals surface area contributed by atoms with E-state index in [-0.39, 0.29) is 47.2 Å². The van der Waals surface area contributed by atoms with E-state index >= 15 is 0 Å². The third-order valence-corrected chi connectivity index (χ3v) is 10.7. The maximum Gasteiger partial charge on any atom is 0.269 e. The maximum atomic E-state index is 13.9. The number of aromatic nitrogens is 2. The van der Waals surface area contributed by atoms with E-state index in [0.717, 1.165) is 68.2 Å². The van der Waals surface area contributed by atoms with Crippen LogP contribution in [0.1, 0.15) is 73.0 Å². The zero-order chi connectivity index (χ0) is 35.6. The molecule has 0 spiro atoms. The molecule has 0 unspecified atom stereocenters. The summed E-state index contributed by atoms with van der Waals surface area (Å²) in [5.74, 6) is -1.81. The van der Waals surface area contributed by atoms with Gasteiger partial charge in [0, 0.05) is 6.07 Å². The Labute approximate surface area is 298 Å². The van der Waals surface area contributed by atoms with E-state index in [0.29, 0.717) is 19.6 Å². The van der Waals surface area contributed by atoms with E-state index < -0.39 is 27.7 Å². The lowest BCUT2D eigenvalue weighted by atomic mass is 9.92. The van der Waals surface area contributed by atoms with Crippen LogP contribution in [0.25, 0.3) is 0 Å². The summed E-state index contributed by atoms with van der Waals surface area (Å²) >= 11 is 0. The van der Waals surface area contributed by atoms with Gasteiger partial charge in [-0.15, -0.1) is 0 Å². The van der Waals surface area contributed by atoms with Crippen LogP contribution in [0.4, 0.5) is 10.2 Å². The number of hydrogen-bond donors (Lipinski definition) is 3. The Kier molecular flexibility index (Phi) is 12.1. The minimum absolute atomic E-state index is 0.00463. The van der Waals surface area contributed by atoms with Gasteiger partial charge in [0.05, 0.1) is 42.4 Å². The molecule has 2 aliphatic rings. The largest absolute Gasteiger partial charge is 0.371 e. The highest BCUT2D eigenvalue weighted by Crippen LogP contribution is 2.25. The zero-order valence-electron chi connectivity index (χ0n) is 28.4. The van der Waals surface area contributed by atoms with Crippen molar-refractivity contribution in [2.45, 2.75) is 100 Å². The van der Waals surface area contributed by atoms with E-state index in [4.69, 9.17) is 9.47 Å². The molecule has 1 aromatic heterocycles. The molecule has 51 heavy (non-hydrogen) atoms. The number of hydrogen-bond acceptors (Lipinski definition) is 7. The standard InChI is InChI=1S/C38H44FN5O6S/c39-29-16-11-17-30(22-29)51(47,48)43-36-23-33(38(46)41-32-19-8-10-21-35(32)50-26-28-14-5-2-6-15-28)44(42-36)24-37(45)40-31-18-7-9-20-34(31)49-25-27-12-3-1-4-13-27/h1-6,11-17,22-23,31-32,34-35H,7-10,18-21,24-26H2,(H,40,45)(H,41,46)(H,42,43)/t31-,32-,34-,35-/m0/s1. The number of benzene rings is 3. The third-order valence-electron chi connectivity index (χ3n) is 9.33. The number of anilines is 1. The molecule has 0 radical (unpaired) electrons. The fourth-order valence-electron chi connectivity index (χ4n) is 6.71. The van der Waals surface area contributed by atoms with Crippen LogP contribution >= 0.6 is 0 Å². The Morgan fingerprint density at radius 3 is 1.90 bits per heavy atom. The van der Waals surface area contributed by atoms with Gasteiger partial charge in [-0.25, -0.2) is 17.5 Å². The molecule has 4 aromatic rings. The number of carbonyl (C=O) groups excluding carboxylic acids is 2. The minimum Gasteiger partial charge on any atom is -0.371 e. The van der Waals surface area contributed by atoms with Crippen molar-refractivity contribution in [1.82, 2.24) is 20.4 Å². The van der Waals surface area contributed by atoms with Gasteiger partial charge < -0.3 is 20.1 Å². The highest BCUT2D eigenvalue weighted by atomic mass is 32.2. The van der Waals surface area contributed by atoms with Crippen molar-refractivity contribution < 1.29 is 31.9 Å². The highest BCUT2D eigenvalue weighted by molar-refractivity contribution is 7.92. The summed E-state index contributed by atoms with van der Waals surface area (Å²) < 4.78 is 56.2. The van der Waals surface area contributed by atoms with Crippen LogP contribution < -0.4 is 15.4 Å². The van der Waals surface area contributed by atoms with Crippen molar-refractivity contribution in [1.29, 1.82) is 0 Å². The van der Waals surface area contributed by atoms with E-state index in [1.807, 2.05) is 60.7 Å². The van der Waals surface area contributed by atoms with Crippen molar-refractivity contribution >= 4 is 27.7 Å². The molecule has 13 heteroatoms. The average Bonchev–Trinajstić information content (AvgIpc) is 3.52. The first-order valence-electron chi connectivity index (χ1n) is 17.5. The second kappa shape index (κ2) is 17.1. The summed E-state index contributed by atoms with van der Waals surface area (Å²) in [6.45, 7) is 0.484. The first-order chi connectivity index (χ1) is 24.7. The first-order valence-corrected chi connectivity index (χ1v) is 19.0. The van der Waals surface area contributed by atoms with Gasteiger partial charge in [0.15, 0.2) is 5.82 Å². The molecule has 6 rings (SSSR count). The molecule has 4 atom stereocenters. The van der Waals surface area contributed by atoms with Crippen LogP contribution in [-0.4, -0.2) is 54.3 Å². The molecule has 2 aliphatic carbocycles. The fraction of sp³-hybridized carbons (Fsp3) is 0.395. The van der Waals surface area contributed by atoms with Crippen molar-refractivity contribution in [2.24, 2.45) is 0 Å². The molecular formula is C38H44FN5O6S. The number of rotatable bonds is 14. The lowest BCUT2D eigenvalue weighted by molar-refractivity contribution is -0.124. The number of nitrogens with zero attached hydrogens (tertiary/aromatic N) is 2. The normalized spacial score (nSPS) is 20.7. The van der Waals surface area contributed by atoms with E-state index in [1.54, 1.807) is 0 Å². The van der Waals surface area contributed by atoms with Gasteiger partial charge >= 0.3 is 0 Å². The molecule has 11 nitrogen and oxygen atoms in total. The van der Waals surface area contributed by atoms with E-state index in [9.17, 15) is 22.4 Å². The average molecular weight is 718 g/mol. The summed E-state index contributed by atoms with van der Waals surface area (Å²) in [5.41, 5.74) is 2.06. The van der Waals surface area contributed by atoms with Gasteiger partial charge in [0.1, 0.15) is 18.1 Å². The SMILES string of the molecule is O=C(Cn1nc(NS(=O)(=O)c2cccc(F)c2)cc1C(=O)N[C@H]1CCCC[C@@H]1OCc1ccccc1)N[C@H]1CCCC[C@@H]1OCc1ccccc1. The minimum atomic E-state index is -4.26. The summed E-state index contributed by atoms with van der Waals surface area (Å²) in [7, 11) is -4.26. The van der Waals surface area contributed by atoms with Crippen LogP contribution in [0.5, 0.6) is 0 Å². The van der Waals surface area contributed by atoms with Gasteiger partial charge in [0.25, 0.3) is 15.9 Å². The second-order valence-corrected chi connectivity index (χ2v) is 14.8. The van der Waals surface area contributed by atoms with Crippen LogP contribution in [0.2, 0.25) is 0 Å². The van der Waals surface area contributed by atoms with Gasteiger partial charge in [-0.1, -0.05) is 92.4 Å². The molecule has 2 fully saturated rings. The number of amides is 2. The van der Waals surface area contributed by atoms with Crippen LogP contribution in [0.3, 0.4) is 0 Å². The molecule has 0 bridgehead atoms. The lowest BCUT2D eigenvalue weighted by Gasteiger charge is -2.32. The quantitative estimate of drug-likeness (QED) is 0.152. The van der Waals surface area contributed by atoms with Gasteiger partial charge in [-0.3, -0.25) is 14.3 Å². The Balaban J connectivity index is 1.18. The summed E-state index contributed by atoms with van der Waals surface area (Å²) in [6.07, 6.45) is 6.39. The molecule has 2 saturated carbocycles. The van der Waals surface area contributed by atoms with Crippen molar-refractivity contribution in [3.05, 3.63) is 114 Å². The molecule has 1 heterocycles. The molecule has 0 aliphatic heterocycles. The van der Waals surface area contributed by atoms with Crippen LogP contribution in [0.15, 0.2) is 95.9 Å². The smallest absolute Gasteiger partial charge is 0.269 e. The monoisotopic (exact) mass is 717 g/mol. The Morgan fingerprint density at radius 2 is 1.31 bits per heavy atom. The maximum absolute atomic E-state index is 13.9. The molecular weight excluding hydrogens is 674 g/mol. The summed E-state index contributed by atoms with van der Waals surface area (Å²) in [5, 5.41) is 10.5. The number of ether oxygens (including phenoxy) is 2. The molecule has 3 aromatic carbocycles. The fourth-order valence-corrected chi connectivity index (χ4v) is 7.73. The number of carbonyl (C=O) groups is 2. The van der Waals surface area contributed by atoms with Crippen molar-refractivity contribution in [3.63, 3.8) is 0 Å². The molecule has 0 saturated heterocycles. The van der Waals surface area contributed by atoms with Gasteiger partial charge in [-0.05, 0) is 55.0 Å². The predicted octanol–water partition coefficient (Wildman–Crippen LogP) is 5.73. The summed E-state index contributed by atoms with van der Waals surface area (Å²) in [4.78, 5) is 27.1. The Bertz CT molecular complexity index is 1870. The Hall–Kier alpha value is -4.59. The van der Waals surface area contributed by atoms with Crippen molar-refractivity contribution in [3.8, 4) is 0 Å². The van der Waals surface area contributed by atoms with Gasteiger partial charge in [0.2, 0.25) is 5.91 Å². The van der Waals surface area contributed by atoms with Crippen LogP contribution in [0, 0.1) is 5.82 Å². The zero-order valence-corrected chi connectivity index (χ0v) is 29.2. The highest BCUT2D eigenvalue weighted by Gasteiger charge is 2.31. The van der Waals surface area contributed by atoms with Crippen LogP contribution in [-0.2, 0) is 44.1 Å².